The summed E-state index contributed by atoms with van der Waals surface area (Å²) in [6.07, 6.45) is 1.06. The summed E-state index contributed by atoms with van der Waals surface area (Å²) in [6, 6.07) is 15.2. The molecule has 0 aliphatic heterocycles. The largest absolute Gasteiger partial charge is 0.492 e. The molecule has 2 rings (SSSR count). The van der Waals surface area contributed by atoms with Crippen molar-refractivity contribution in [2.24, 2.45) is 0 Å². The van der Waals surface area contributed by atoms with Crippen LogP contribution in [0.5, 0.6) is 5.75 Å². The van der Waals surface area contributed by atoms with E-state index in [1.165, 1.54) is 0 Å². The molecule has 2 aromatic carbocycles. The van der Waals surface area contributed by atoms with E-state index >= 15 is 0 Å². The van der Waals surface area contributed by atoms with E-state index in [1.54, 1.807) is 48.5 Å². The quantitative estimate of drug-likeness (QED) is 0.751. The molecule has 0 unspecified atom stereocenters. The Morgan fingerprint density at radius 2 is 1.85 bits per heavy atom. The molecule has 0 aliphatic carbocycles. The number of amides is 1. The number of nitriles is 1. The number of nitrogens with zero attached hydrogens (tertiary/aromatic N) is 2. The highest BCUT2D eigenvalue weighted by Gasteiger charge is 2.22. The topological polar surface area (TPSA) is 99.5 Å². The van der Waals surface area contributed by atoms with E-state index in [4.69, 9.17) is 10.00 Å². The van der Waals surface area contributed by atoms with Crippen LogP contribution in [0.2, 0.25) is 0 Å². The van der Waals surface area contributed by atoms with Gasteiger partial charge in [0, 0.05) is 18.7 Å². The molecule has 0 aliphatic rings. The third-order valence-electron chi connectivity index (χ3n) is 3.67. The molecule has 0 radical (unpaired) electrons. The maximum absolute atomic E-state index is 12.2. The number of anilines is 2. The Morgan fingerprint density at radius 3 is 2.44 bits per heavy atom. The Hall–Kier alpha value is -3.05. The zero-order valence-electron chi connectivity index (χ0n) is 15.2. The summed E-state index contributed by atoms with van der Waals surface area (Å²) in [5.74, 6) is 0.111. The molecular formula is C19H21N3O4S. The zero-order chi connectivity index (χ0) is 19.9. The minimum atomic E-state index is -3.60. The van der Waals surface area contributed by atoms with Crippen molar-refractivity contribution in [2.45, 2.75) is 13.3 Å². The van der Waals surface area contributed by atoms with Crippen molar-refractivity contribution < 1.29 is 17.9 Å². The number of sulfonamides is 1. The lowest BCUT2D eigenvalue weighted by Gasteiger charge is -2.24. The van der Waals surface area contributed by atoms with E-state index in [0.29, 0.717) is 29.3 Å². The van der Waals surface area contributed by atoms with Gasteiger partial charge in [-0.2, -0.15) is 5.26 Å². The zero-order valence-corrected chi connectivity index (χ0v) is 16.0. The van der Waals surface area contributed by atoms with Gasteiger partial charge in [0.2, 0.25) is 15.9 Å². The molecule has 142 valence electrons. The standard InChI is InChI=1S/C19H21N3O4S/c1-3-26-18-7-5-4-6-17(18)22(27(2,24)25)13-12-19(23)21-16-10-8-15(14-20)9-11-16/h4-11H,3,12-13H2,1-2H3,(H,21,23). The lowest BCUT2D eigenvalue weighted by molar-refractivity contribution is -0.116. The van der Waals surface area contributed by atoms with Gasteiger partial charge in [0.15, 0.2) is 0 Å². The van der Waals surface area contributed by atoms with Crippen molar-refractivity contribution in [3.63, 3.8) is 0 Å². The number of benzene rings is 2. The Morgan fingerprint density at radius 1 is 1.19 bits per heavy atom. The molecule has 0 atom stereocenters. The van der Waals surface area contributed by atoms with Gasteiger partial charge in [-0.3, -0.25) is 9.10 Å². The summed E-state index contributed by atoms with van der Waals surface area (Å²) in [4.78, 5) is 12.2. The molecule has 0 fully saturated rings. The van der Waals surface area contributed by atoms with Gasteiger partial charge in [0.05, 0.1) is 30.2 Å². The summed E-state index contributed by atoms with van der Waals surface area (Å²) in [6.45, 7) is 2.19. The second kappa shape index (κ2) is 9.05. The fraction of sp³-hybridized carbons (Fsp3) is 0.263. The molecule has 0 saturated carbocycles. The van der Waals surface area contributed by atoms with Gasteiger partial charge >= 0.3 is 0 Å². The number of nitrogens with one attached hydrogen (secondary N) is 1. The average molecular weight is 387 g/mol. The Kier molecular flexibility index (Phi) is 6.79. The van der Waals surface area contributed by atoms with Gasteiger partial charge in [-0.15, -0.1) is 0 Å². The third-order valence-corrected chi connectivity index (χ3v) is 4.85. The molecule has 0 saturated heterocycles. The van der Waals surface area contributed by atoms with Crippen LogP contribution >= 0.6 is 0 Å². The van der Waals surface area contributed by atoms with Crippen LogP contribution in [0.4, 0.5) is 11.4 Å². The van der Waals surface area contributed by atoms with Crippen molar-refractivity contribution in [3.8, 4) is 11.8 Å². The number of hydrogen-bond acceptors (Lipinski definition) is 5. The second-order valence-corrected chi connectivity index (χ2v) is 7.63. The first-order valence-corrected chi connectivity index (χ1v) is 10.2. The van der Waals surface area contributed by atoms with Gasteiger partial charge in [0.1, 0.15) is 5.75 Å². The van der Waals surface area contributed by atoms with E-state index in [1.807, 2.05) is 13.0 Å². The lowest BCUT2D eigenvalue weighted by atomic mass is 10.2. The van der Waals surface area contributed by atoms with Crippen LogP contribution in [0, 0.1) is 11.3 Å². The molecule has 27 heavy (non-hydrogen) atoms. The highest BCUT2D eigenvalue weighted by atomic mass is 32.2. The van der Waals surface area contributed by atoms with E-state index in [0.717, 1.165) is 10.6 Å². The van der Waals surface area contributed by atoms with E-state index in [9.17, 15) is 13.2 Å². The normalized spacial score (nSPS) is 10.7. The maximum Gasteiger partial charge on any atom is 0.232 e. The number of rotatable bonds is 8. The highest BCUT2D eigenvalue weighted by Crippen LogP contribution is 2.30. The molecule has 0 spiro atoms. The fourth-order valence-electron chi connectivity index (χ4n) is 2.46. The molecule has 0 heterocycles. The summed E-state index contributed by atoms with van der Waals surface area (Å²) < 4.78 is 31.1. The van der Waals surface area contributed by atoms with Crippen molar-refractivity contribution in [1.82, 2.24) is 0 Å². The molecule has 0 bridgehead atoms. The van der Waals surface area contributed by atoms with E-state index < -0.39 is 10.0 Å². The second-order valence-electron chi connectivity index (χ2n) is 5.72. The van der Waals surface area contributed by atoms with Crippen molar-refractivity contribution in [1.29, 1.82) is 5.26 Å². The van der Waals surface area contributed by atoms with Gasteiger partial charge < -0.3 is 10.1 Å². The average Bonchev–Trinajstić information content (AvgIpc) is 2.63. The number of para-hydroxylation sites is 2. The van der Waals surface area contributed by atoms with Crippen molar-refractivity contribution in [3.05, 3.63) is 54.1 Å². The first-order chi connectivity index (χ1) is 12.8. The van der Waals surface area contributed by atoms with Gasteiger partial charge in [-0.05, 0) is 43.3 Å². The van der Waals surface area contributed by atoms with Crippen molar-refractivity contribution in [2.75, 3.05) is 29.0 Å². The Bertz CT molecular complexity index is 934. The van der Waals surface area contributed by atoms with E-state index in [2.05, 4.69) is 5.32 Å². The minimum Gasteiger partial charge on any atom is -0.492 e. The molecule has 1 N–H and O–H groups in total. The molecule has 7 nitrogen and oxygen atoms in total. The molecule has 2 aromatic rings. The van der Waals surface area contributed by atoms with Crippen LogP contribution in [0.3, 0.4) is 0 Å². The van der Waals surface area contributed by atoms with E-state index in [-0.39, 0.29) is 18.9 Å². The molecule has 8 heteroatoms. The number of carbonyl (C=O) groups is 1. The predicted molar refractivity (Wildman–Crippen MR) is 104 cm³/mol. The first-order valence-electron chi connectivity index (χ1n) is 8.34. The van der Waals surface area contributed by atoms with Crippen LogP contribution < -0.4 is 14.4 Å². The lowest BCUT2D eigenvalue weighted by Crippen LogP contribution is -2.33. The predicted octanol–water partition coefficient (Wildman–Crippen LogP) is 2.75. The first kappa shape index (κ1) is 20.3. The summed E-state index contributed by atoms with van der Waals surface area (Å²) in [7, 11) is -3.60. The number of carbonyl (C=O) groups excluding carboxylic acids is 1. The molecular weight excluding hydrogens is 366 g/mol. The third kappa shape index (κ3) is 5.72. The van der Waals surface area contributed by atoms with Crippen LogP contribution in [0.1, 0.15) is 18.9 Å². The SMILES string of the molecule is CCOc1ccccc1N(CCC(=O)Nc1ccc(C#N)cc1)S(C)(=O)=O. The minimum absolute atomic E-state index is 0.0228. The molecule has 1 amide bonds. The Labute approximate surface area is 159 Å². The summed E-state index contributed by atoms with van der Waals surface area (Å²) >= 11 is 0. The van der Waals surface area contributed by atoms with Gasteiger partial charge in [-0.1, -0.05) is 12.1 Å². The molecule has 0 aromatic heterocycles. The van der Waals surface area contributed by atoms with Crippen LogP contribution in [0.25, 0.3) is 0 Å². The number of ether oxygens (including phenoxy) is 1. The maximum atomic E-state index is 12.2. The number of hydrogen-bond donors (Lipinski definition) is 1. The smallest absolute Gasteiger partial charge is 0.232 e. The summed E-state index contributed by atoms with van der Waals surface area (Å²) in [5, 5.41) is 11.5. The summed E-state index contributed by atoms with van der Waals surface area (Å²) in [5.41, 5.74) is 1.43. The Balaban J connectivity index is 2.11. The highest BCUT2D eigenvalue weighted by molar-refractivity contribution is 7.92. The van der Waals surface area contributed by atoms with Gasteiger partial charge in [-0.25, -0.2) is 8.42 Å². The van der Waals surface area contributed by atoms with Crippen LogP contribution in [-0.4, -0.2) is 33.7 Å². The fourth-order valence-corrected chi connectivity index (χ4v) is 3.39. The monoisotopic (exact) mass is 387 g/mol. The van der Waals surface area contributed by atoms with Crippen LogP contribution in [-0.2, 0) is 14.8 Å². The van der Waals surface area contributed by atoms with Gasteiger partial charge in [0.25, 0.3) is 0 Å². The van der Waals surface area contributed by atoms with Crippen molar-refractivity contribution >= 4 is 27.3 Å². The van der Waals surface area contributed by atoms with Crippen LogP contribution in [0.15, 0.2) is 48.5 Å².